The highest BCUT2D eigenvalue weighted by molar-refractivity contribution is 7.17. The Kier molecular flexibility index (Phi) is 2.66. The lowest BCUT2D eigenvalue weighted by molar-refractivity contribution is 0.469. The molecular weight excluding hydrogens is 272 g/mol. The molecule has 1 N–H and O–H groups in total. The van der Waals surface area contributed by atoms with Crippen molar-refractivity contribution >= 4 is 27.4 Å². The molecular formula is C13H14N6S. The van der Waals surface area contributed by atoms with Gasteiger partial charge < -0.3 is 9.88 Å². The fraction of sp³-hybridized carbons (Fsp3) is 0.385. The second-order valence-corrected chi connectivity index (χ2v) is 5.93. The first-order chi connectivity index (χ1) is 9.81. The van der Waals surface area contributed by atoms with E-state index in [4.69, 9.17) is 0 Å². The number of fused-ring (bicyclic) bond motifs is 2. The molecule has 102 valence electrons. The molecule has 7 heteroatoms. The lowest BCUT2D eigenvalue weighted by atomic mass is 10.1. The zero-order valence-electron chi connectivity index (χ0n) is 11.1. The summed E-state index contributed by atoms with van der Waals surface area (Å²) in [6.07, 6.45) is 3.63. The van der Waals surface area contributed by atoms with E-state index in [1.54, 1.807) is 17.7 Å². The van der Waals surface area contributed by atoms with E-state index in [1.165, 1.54) is 0 Å². The van der Waals surface area contributed by atoms with Crippen LogP contribution in [0.1, 0.15) is 18.1 Å². The van der Waals surface area contributed by atoms with Gasteiger partial charge in [0.1, 0.15) is 23.8 Å². The molecule has 1 unspecified atom stereocenters. The molecule has 0 aromatic carbocycles. The first-order valence-electron chi connectivity index (χ1n) is 6.64. The highest BCUT2D eigenvalue weighted by Gasteiger charge is 2.22. The lowest BCUT2D eigenvalue weighted by Crippen LogP contribution is -2.32. The molecule has 0 spiro atoms. The fourth-order valence-corrected chi connectivity index (χ4v) is 3.46. The quantitative estimate of drug-likeness (QED) is 0.780. The molecule has 0 bridgehead atoms. The number of thiophene rings is 1. The predicted molar refractivity (Wildman–Crippen MR) is 77.9 cm³/mol. The Morgan fingerprint density at radius 3 is 3.25 bits per heavy atom. The van der Waals surface area contributed by atoms with Crippen LogP contribution in [0.2, 0.25) is 0 Å². The summed E-state index contributed by atoms with van der Waals surface area (Å²) in [4.78, 5) is 8.66. The van der Waals surface area contributed by atoms with Gasteiger partial charge in [-0.3, -0.25) is 0 Å². The number of nitrogens with zero attached hydrogens (tertiary/aromatic N) is 5. The van der Waals surface area contributed by atoms with Gasteiger partial charge in [-0.1, -0.05) is 0 Å². The summed E-state index contributed by atoms with van der Waals surface area (Å²) in [7, 11) is 0. The number of rotatable bonds is 2. The molecule has 20 heavy (non-hydrogen) atoms. The molecule has 0 saturated carbocycles. The van der Waals surface area contributed by atoms with Gasteiger partial charge in [-0.05, 0) is 24.8 Å². The molecule has 1 atom stereocenters. The SMILES string of the molecule is Cc1nnc2n1CC(Nc1ncnc3ccsc13)CC2. The Hall–Kier alpha value is -2.02. The van der Waals surface area contributed by atoms with Crippen LogP contribution in [0.25, 0.3) is 10.2 Å². The first-order valence-corrected chi connectivity index (χ1v) is 7.52. The number of anilines is 1. The van der Waals surface area contributed by atoms with Gasteiger partial charge in [0.15, 0.2) is 0 Å². The van der Waals surface area contributed by atoms with Gasteiger partial charge in [0.25, 0.3) is 0 Å². The fourth-order valence-electron chi connectivity index (χ4n) is 2.67. The van der Waals surface area contributed by atoms with Crippen molar-refractivity contribution in [3.05, 3.63) is 29.4 Å². The molecule has 3 aromatic heterocycles. The summed E-state index contributed by atoms with van der Waals surface area (Å²) in [5, 5.41) is 13.9. The Morgan fingerprint density at radius 2 is 2.30 bits per heavy atom. The summed E-state index contributed by atoms with van der Waals surface area (Å²) in [6, 6.07) is 2.38. The van der Waals surface area contributed by atoms with Crippen LogP contribution >= 0.6 is 11.3 Å². The zero-order valence-corrected chi connectivity index (χ0v) is 11.9. The molecule has 1 aliphatic heterocycles. The third-order valence-electron chi connectivity index (χ3n) is 3.72. The Balaban J connectivity index is 1.61. The average molecular weight is 286 g/mol. The smallest absolute Gasteiger partial charge is 0.147 e. The number of hydrogen-bond acceptors (Lipinski definition) is 6. The topological polar surface area (TPSA) is 68.5 Å². The van der Waals surface area contributed by atoms with E-state index in [0.29, 0.717) is 6.04 Å². The van der Waals surface area contributed by atoms with Crippen LogP contribution in [-0.4, -0.2) is 30.8 Å². The van der Waals surface area contributed by atoms with Gasteiger partial charge in [0.2, 0.25) is 0 Å². The minimum atomic E-state index is 0.359. The second kappa shape index (κ2) is 4.52. The Morgan fingerprint density at radius 1 is 1.35 bits per heavy atom. The molecule has 4 rings (SSSR count). The largest absolute Gasteiger partial charge is 0.364 e. The van der Waals surface area contributed by atoms with Gasteiger partial charge >= 0.3 is 0 Å². The summed E-state index contributed by atoms with van der Waals surface area (Å²) >= 11 is 1.67. The molecule has 0 fully saturated rings. The van der Waals surface area contributed by atoms with Crippen LogP contribution in [-0.2, 0) is 13.0 Å². The highest BCUT2D eigenvalue weighted by atomic mass is 32.1. The third-order valence-corrected chi connectivity index (χ3v) is 4.63. The monoisotopic (exact) mass is 286 g/mol. The van der Waals surface area contributed by atoms with Crippen molar-refractivity contribution in [3.63, 3.8) is 0 Å². The molecule has 6 nitrogen and oxygen atoms in total. The summed E-state index contributed by atoms with van der Waals surface area (Å²) in [6.45, 7) is 2.89. The van der Waals surface area contributed by atoms with E-state index in [9.17, 15) is 0 Å². The van der Waals surface area contributed by atoms with E-state index < -0.39 is 0 Å². The van der Waals surface area contributed by atoms with Crippen molar-refractivity contribution in [1.82, 2.24) is 24.7 Å². The van der Waals surface area contributed by atoms with E-state index >= 15 is 0 Å². The van der Waals surface area contributed by atoms with Crippen LogP contribution in [0.5, 0.6) is 0 Å². The van der Waals surface area contributed by atoms with Gasteiger partial charge in [-0.2, -0.15) is 0 Å². The summed E-state index contributed by atoms with van der Waals surface area (Å²) < 4.78 is 3.31. The van der Waals surface area contributed by atoms with Gasteiger partial charge in [-0.15, -0.1) is 21.5 Å². The molecule has 0 radical (unpaired) electrons. The van der Waals surface area contributed by atoms with Crippen molar-refractivity contribution in [2.75, 3.05) is 5.32 Å². The molecule has 0 aliphatic carbocycles. The van der Waals surface area contributed by atoms with Crippen LogP contribution in [0, 0.1) is 6.92 Å². The molecule has 4 heterocycles. The van der Waals surface area contributed by atoms with Gasteiger partial charge in [0.05, 0.1) is 10.2 Å². The Labute approximate surface area is 119 Å². The normalized spacial score (nSPS) is 18.1. The minimum absolute atomic E-state index is 0.359. The molecule has 3 aromatic rings. The predicted octanol–water partition coefficient (Wildman–Crippen LogP) is 2.02. The third kappa shape index (κ3) is 1.85. The number of nitrogens with one attached hydrogen (secondary N) is 1. The van der Waals surface area contributed by atoms with E-state index in [-0.39, 0.29) is 0 Å². The van der Waals surface area contributed by atoms with Gasteiger partial charge in [0, 0.05) is 19.0 Å². The Bertz CT molecular complexity index is 761. The number of aromatic nitrogens is 5. The molecule has 0 amide bonds. The first kappa shape index (κ1) is 11.8. The number of aryl methyl sites for hydroxylation is 2. The van der Waals surface area contributed by atoms with Gasteiger partial charge in [-0.25, -0.2) is 9.97 Å². The van der Waals surface area contributed by atoms with Crippen molar-refractivity contribution < 1.29 is 0 Å². The lowest BCUT2D eigenvalue weighted by Gasteiger charge is -2.25. The average Bonchev–Trinajstić information content (AvgIpc) is 3.07. The number of hydrogen-bond donors (Lipinski definition) is 1. The van der Waals surface area contributed by atoms with E-state index in [0.717, 1.165) is 47.1 Å². The van der Waals surface area contributed by atoms with Crippen molar-refractivity contribution in [2.45, 2.75) is 32.4 Å². The maximum atomic E-state index is 4.39. The van der Waals surface area contributed by atoms with Crippen LogP contribution in [0.4, 0.5) is 5.82 Å². The maximum Gasteiger partial charge on any atom is 0.147 e. The molecule has 0 saturated heterocycles. The highest BCUT2D eigenvalue weighted by Crippen LogP contribution is 2.27. The van der Waals surface area contributed by atoms with Crippen molar-refractivity contribution in [2.24, 2.45) is 0 Å². The van der Waals surface area contributed by atoms with E-state index in [2.05, 4.69) is 30.0 Å². The van der Waals surface area contributed by atoms with Crippen molar-refractivity contribution in [3.8, 4) is 0 Å². The summed E-state index contributed by atoms with van der Waals surface area (Å²) in [5.74, 6) is 3.00. The van der Waals surface area contributed by atoms with Crippen LogP contribution in [0.3, 0.4) is 0 Å². The molecule has 1 aliphatic rings. The maximum absolute atomic E-state index is 4.39. The zero-order chi connectivity index (χ0) is 13.5. The second-order valence-electron chi connectivity index (χ2n) is 5.01. The van der Waals surface area contributed by atoms with Crippen LogP contribution in [0.15, 0.2) is 17.8 Å². The minimum Gasteiger partial charge on any atom is -0.364 e. The van der Waals surface area contributed by atoms with E-state index in [1.807, 2.05) is 18.4 Å². The van der Waals surface area contributed by atoms with Crippen LogP contribution < -0.4 is 5.32 Å². The summed E-state index contributed by atoms with van der Waals surface area (Å²) in [5.41, 5.74) is 1.00. The standard InChI is InChI=1S/C13H14N6S/c1-8-17-18-11-3-2-9(6-19(8)11)16-13-12-10(4-5-20-12)14-7-15-13/h4-5,7,9H,2-3,6H2,1H3,(H,14,15,16). The van der Waals surface area contributed by atoms with Crippen molar-refractivity contribution in [1.29, 1.82) is 0 Å².